The van der Waals surface area contributed by atoms with Crippen molar-refractivity contribution in [3.8, 4) is 0 Å². The minimum Gasteiger partial charge on any atom is -0.106 e. The smallest absolute Gasteiger partial charge is 0.0141 e. The minimum atomic E-state index is 0.235. The van der Waals surface area contributed by atoms with Crippen molar-refractivity contribution in [1.29, 1.82) is 0 Å². The molecule has 4 fully saturated rings. The molecule has 0 nitrogen and oxygen atoms in total. The third-order valence-corrected chi connectivity index (χ3v) is 15.5. The van der Waals surface area contributed by atoms with Crippen molar-refractivity contribution < 1.29 is 0 Å². The van der Waals surface area contributed by atoms with Crippen LogP contribution in [-0.2, 0) is 0 Å². The third-order valence-electron chi connectivity index (χ3n) is 9.72. The van der Waals surface area contributed by atoms with Gasteiger partial charge in [0.25, 0.3) is 0 Å². The van der Waals surface area contributed by atoms with Crippen LogP contribution in [0.3, 0.4) is 0 Å². The van der Waals surface area contributed by atoms with Crippen LogP contribution in [0, 0.1) is 23.7 Å². The molecule has 0 aromatic carbocycles. The topological polar surface area (TPSA) is 0 Å². The van der Waals surface area contributed by atoms with Gasteiger partial charge in [0, 0.05) is 0 Å². The molecule has 30 heavy (non-hydrogen) atoms. The third kappa shape index (κ3) is 6.93. The Bertz CT molecular complexity index is 423. The lowest BCUT2D eigenvalue weighted by Crippen LogP contribution is -2.30. The van der Waals surface area contributed by atoms with Crippen molar-refractivity contribution in [2.24, 2.45) is 23.7 Å². The van der Waals surface area contributed by atoms with E-state index in [9.17, 15) is 0 Å². The second-order valence-corrected chi connectivity index (χ2v) is 17.2. The van der Waals surface area contributed by atoms with Crippen LogP contribution in [0.2, 0.25) is 0 Å². The summed E-state index contributed by atoms with van der Waals surface area (Å²) in [5.74, 6) is 4.42. The SMILES string of the molecule is C[P@@](CC1CCCC1)[C@H](CC1CCCC1)[C@@H](CC1CCCC1)[P@@](C)CC1CCCC1. The summed E-state index contributed by atoms with van der Waals surface area (Å²) < 4.78 is 0. The summed E-state index contributed by atoms with van der Waals surface area (Å²) in [5, 5.41) is 0. The highest BCUT2D eigenvalue weighted by Gasteiger charge is 2.37. The Labute approximate surface area is 192 Å². The molecule has 4 aliphatic carbocycles. The van der Waals surface area contributed by atoms with Gasteiger partial charge in [0.2, 0.25) is 0 Å². The number of hydrogen-bond acceptors (Lipinski definition) is 0. The molecule has 0 bridgehead atoms. The lowest BCUT2D eigenvalue weighted by atomic mass is 9.94. The van der Waals surface area contributed by atoms with Gasteiger partial charge in [-0.2, -0.15) is 0 Å². The van der Waals surface area contributed by atoms with Crippen molar-refractivity contribution >= 4 is 15.8 Å². The molecule has 0 spiro atoms. The Morgan fingerprint density at radius 3 is 1.03 bits per heavy atom. The molecular formula is C28H52P2. The van der Waals surface area contributed by atoms with E-state index in [2.05, 4.69) is 13.3 Å². The van der Waals surface area contributed by atoms with Crippen molar-refractivity contribution in [1.82, 2.24) is 0 Å². The molecule has 4 atom stereocenters. The predicted octanol–water partition coefficient (Wildman–Crippen LogP) is 9.49. The monoisotopic (exact) mass is 450 g/mol. The molecular weight excluding hydrogens is 398 g/mol. The molecule has 0 amide bonds. The lowest BCUT2D eigenvalue weighted by Gasteiger charge is -2.40. The fourth-order valence-electron chi connectivity index (χ4n) is 7.91. The quantitative estimate of drug-likeness (QED) is 0.275. The molecule has 0 unspecified atom stereocenters. The molecule has 174 valence electrons. The second-order valence-electron chi connectivity index (χ2n) is 12.1. The Kier molecular flexibility index (Phi) is 9.89. The van der Waals surface area contributed by atoms with Gasteiger partial charge < -0.3 is 0 Å². The first kappa shape index (κ1) is 24.0. The summed E-state index contributed by atoms with van der Waals surface area (Å²) in [5.41, 5.74) is 2.25. The maximum Gasteiger partial charge on any atom is -0.0141 e. The Balaban J connectivity index is 1.47. The largest absolute Gasteiger partial charge is 0.106 e. The van der Waals surface area contributed by atoms with E-state index < -0.39 is 0 Å². The molecule has 0 N–H and O–H groups in total. The first-order chi connectivity index (χ1) is 14.7. The van der Waals surface area contributed by atoms with Gasteiger partial charge in [-0.25, -0.2) is 0 Å². The van der Waals surface area contributed by atoms with Crippen LogP contribution in [0.15, 0.2) is 0 Å². The van der Waals surface area contributed by atoms with Crippen LogP contribution in [0.1, 0.15) is 116 Å². The van der Waals surface area contributed by atoms with Crippen molar-refractivity contribution in [3.05, 3.63) is 0 Å². The summed E-state index contributed by atoms with van der Waals surface area (Å²) in [7, 11) is 0.470. The number of hydrogen-bond donors (Lipinski definition) is 0. The van der Waals surface area contributed by atoms with Gasteiger partial charge in [-0.15, -0.1) is 15.8 Å². The molecule has 0 aliphatic heterocycles. The molecule has 0 aromatic rings. The summed E-state index contributed by atoms with van der Waals surface area (Å²) >= 11 is 0. The summed E-state index contributed by atoms with van der Waals surface area (Å²) in [4.78, 5) is 0. The van der Waals surface area contributed by atoms with Gasteiger partial charge in [-0.3, -0.25) is 0 Å². The van der Waals surface area contributed by atoms with E-state index >= 15 is 0 Å². The highest BCUT2D eigenvalue weighted by atomic mass is 31.1. The van der Waals surface area contributed by atoms with E-state index in [4.69, 9.17) is 0 Å². The maximum atomic E-state index is 2.79. The highest BCUT2D eigenvalue weighted by Crippen LogP contribution is 2.58. The van der Waals surface area contributed by atoms with Crippen LogP contribution in [0.5, 0.6) is 0 Å². The average Bonchev–Trinajstić information content (AvgIpc) is 3.54. The Morgan fingerprint density at radius 1 is 0.467 bits per heavy atom. The molecule has 0 aromatic heterocycles. The maximum absolute atomic E-state index is 2.79. The summed E-state index contributed by atoms with van der Waals surface area (Å²) in [6.07, 6.45) is 31.4. The lowest BCUT2D eigenvalue weighted by molar-refractivity contribution is 0.433. The van der Waals surface area contributed by atoms with E-state index in [1.54, 1.807) is 76.5 Å². The molecule has 0 heterocycles. The minimum absolute atomic E-state index is 0.235. The first-order valence-electron chi connectivity index (χ1n) is 14.1. The first-order valence-corrected chi connectivity index (χ1v) is 18.2. The van der Waals surface area contributed by atoms with Crippen molar-refractivity contribution in [2.75, 3.05) is 25.7 Å². The molecule has 2 heteroatoms. The summed E-state index contributed by atoms with van der Waals surface area (Å²) in [6, 6.07) is 0. The predicted molar refractivity (Wildman–Crippen MR) is 140 cm³/mol. The van der Waals surface area contributed by atoms with Gasteiger partial charge >= 0.3 is 0 Å². The fraction of sp³-hybridized carbons (Fsp3) is 1.00. The van der Waals surface area contributed by atoms with Crippen molar-refractivity contribution in [3.63, 3.8) is 0 Å². The van der Waals surface area contributed by atoms with E-state index in [1.165, 1.54) is 51.4 Å². The Hall–Kier alpha value is 0.860. The van der Waals surface area contributed by atoms with Gasteiger partial charge in [0.15, 0.2) is 0 Å². The zero-order chi connectivity index (χ0) is 20.8. The normalized spacial score (nSPS) is 29.0. The average molecular weight is 451 g/mol. The van der Waals surface area contributed by atoms with Gasteiger partial charge in [0.05, 0.1) is 0 Å². The second kappa shape index (κ2) is 12.4. The fourth-order valence-corrected chi connectivity index (χ4v) is 14.9. The van der Waals surface area contributed by atoms with E-state index in [0.29, 0.717) is 0 Å². The highest BCUT2D eigenvalue weighted by molar-refractivity contribution is 7.62. The number of rotatable bonds is 11. The van der Waals surface area contributed by atoms with Crippen LogP contribution in [-0.4, -0.2) is 37.0 Å². The molecule has 4 aliphatic rings. The standard InChI is InChI=1S/C28H52P2/c1-29(21-25-15-7-8-16-25)27(19-23-11-3-4-12-23)28(20-24-13-5-6-14-24)30(2)22-26-17-9-10-18-26/h23-28H,3-22H2,1-2H3/t27-,28-,29+,30+/m1/s1. The van der Waals surface area contributed by atoms with Gasteiger partial charge in [0.1, 0.15) is 0 Å². The van der Waals surface area contributed by atoms with Gasteiger partial charge in [-0.05, 0) is 73.5 Å². The Morgan fingerprint density at radius 2 is 0.733 bits per heavy atom. The zero-order valence-electron chi connectivity index (χ0n) is 20.5. The van der Waals surface area contributed by atoms with Crippen LogP contribution >= 0.6 is 15.8 Å². The van der Waals surface area contributed by atoms with Crippen molar-refractivity contribution in [2.45, 2.75) is 127 Å². The van der Waals surface area contributed by atoms with E-state index in [1.807, 2.05) is 0 Å². The molecule has 0 saturated heterocycles. The molecule has 0 radical (unpaired) electrons. The summed E-state index contributed by atoms with van der Waals surface area (Å²) in [6.45, 7) is 5.57. The van der Waals surface area contributed by atoms with Crippen LogP contribution < -0.4 is 0 Å². The molecule has 4 rings (SSSR count). The van der Waals surface area contributed by atoms with Crippen LogP contribution in [0.25, 0.3) is 0 Å². The zero-order valence-corrected chi connectivity index (χ0v) is 22.3. The van der Waals surface area contributed by atoms with Crippen LogP contribution in [0.4, 0.5) is 0 Å². The molecule has 4 saturated carbocycles. The van der Waals surface area contributed by atoms with E-state index in [0.717, 1.165) is 35.0 Å². The van der Waals surface area contributed by atoms with E-state index in [-0.39, 0.29) is 15.8 Å². The van der Waals surface area contributed by atoms with Gasteiger partial charge in [-0.1, -0.05) is 103 Å².